The number of aryl methyl sites for hydroxylation is 1. The minimum absolute atomic E-state index is 0.257. The van der Waals surface area contributed by atoms with E-state index >= 15 is 0 Å². The monoisotopic (exact) mass is 496 g/mol. The standard InChI is InChI=1S/C23H17ClN4O3S2/c1-12-18-21(33-19(12)20(29)25-15-5-3-4-6-17(15)31-2)26-23-28(22(18)30)27-16(11-32-23)13-7-9-14(24)10-8-13/h3-11,27H,1-2H3,(H,25,29). The van der Waals surface area contributed by atoms with Crippen LogP contribution >= 0.6 is 34.7 Å². The number of thioether (sulfide) groups is 1. The molecule has 166 valence electrons. The van der Waals surface area contributed by atoms with Gasteiger partial charge in [-0.15, -0.1) is 11.3 Å². The Morgan fingerprint density at radius 1 is 1.18 bits per heavy atom. The molecule has 0 atom stereocenters. The second kappa shape index (κ2) is 8.58. The maximum absolute atomic E-state index is 13.4. The molecule has 4 aromatic rings. The molecule has 0 bridgehead atoms. The number of hydrogen-bond donors (Lipinski definition) is 2. The van der Waals surface area contributed by atoms with Crippen LogP contribution in [0.5, 0.6) is 5.75 Å². The number of methoxy groups -OCH3 is 1. The number of thiophene rings is 1. The fourth-order valence-corrected chi connectivity index (χ4v) is 5.55. The van der Waals surface area contributed by atoms with Gasteiger partial charge in [-0.1, -0.05) is 47.6 Å². The first-order valence-electron chi connectivity index (χ1n) is 9.86. The summed E-state index contributed by atoms with van der Waals surface area (Å²) in [5, 5.41) is 6.32. The van der Waals surface area contributed by atoms with Crippen LogP contribution in [0.2, 0.25) is 5.02 Å². The second-order valence-corrected chi connectivity index (χ2v) is 9.47. The highest BCUT2D eigenvalue weighted by Gasteiger charge is 2.24. The van der Waals surface area contributed by atoms with Crippen LogP contribution in [0.3, 0.4) is 0 Å². The van der Waals surface area contributed by atoms with Crippen molar-refractivity contribution in [3.8, 4) is 5.75 Å². The summed E-state index contributed by atoms with van der Waals surface area (Å²) in [5.74, 6) is 0.239. The van der Waals surface area contributed by atoms with Crippen LogP contribution in [0, 0.1) is 6.92 Å². The summed E-state index contributed by atoms with van der Waals surface area (Å²) in [7, 11) is 1.54. The van der Waals surface area contributed by atoms with E-state index in [-0.39, 0.29) is 11.5 Å². The molecule has 0 unspecified atom stereocenters. The molecule has 0 spiro atoms. The summed E-state index contributed by atoms with van der Waals surface area (Å²) in [4.78, 5) is 32.0. The van der Waals surface area contributed by atoms with E-state index in [1.165, 1.54) is 27.8 Å². The molecule has 5 rings (SSSR count). The Balaban J connectivity index is 1.51. The van der Waals surface area contributed by atoms with Crippen molar-refractivity contribution >= 4 is 62.2 Å². The molecular formula is C23H17ClN4O3S2. The fourth-order valence-electron chi connectivity index (χ4n) is 3.51. The van der Waals surface area contributed by atoms with Crippen molar-refractivity contribution < 1.29 is 9.53 Å². The Kier molecular flexibility index (Phi) is 5.61. The van der Waals surface area contributed by atoms with Gasteiger partial charge in [-0.2, -0.15) is 4.68 Å². The van der Waals surface area contributed by atoms with Gasteiger partial charge in [0.15, 0.2) is 5.16 Å². The highest BCUT2D eigenvalue weighted by Crippen LogP contribution is 2.33. The molecule has 10 heteroatoms. The van der Waals surface area contributed by atoms with E-state index in [9.17, 15) is 9.59 Å². The number of amides is 1. The van der Waals surface area contributed by atoms with Crippen LogP contribution in [-0.2, 0) is 0 Å². The molecule has 0 fully saturated rings. The summed E-state index contributed by atoms with van der Waals surface area (Å²) in [6.45, 7) is 1.76. The first-order valence-corrected chi connectivity index (χ1v) is 11.9. The number of aromatic nitrogens is 2. The molecule has 7 nitrogen and oxygen atoms in total. The minimum Gasteiger partial charge on any atom is -0.495 e. The molecule has 3 heterocycles. The van der Waals surface area contributed by atoms with Crippen LogP contribution in [0.4, 0.5) is 5.69 Å². The summed E-state index contributed by atoms with van der Waals surface area (Å²) in [6, 6.07) is 14.5. The summed E-state index contributed by atoms with van der Waals surface area (Å²) >= 11 is 8.52. The lowest BCUT2D eigenvalue weighted by Gasteiger charge is -2.20. The van der Waals surface area contributed by atoms with Gasteiger partial charge in [-0.3, -0.25) is 15.0 Å². The van der Waals surface area contributed by atoms with Gasteiger partial charge in [-0.25, -0.2) is 4.98 Å². The highest BCUT2D eigenvalue weighted by atomic mass is 35.5. The number of nitrogens with one attached hydrogen (secondary N) is 2. The third-order valence-corrected chi connectivity index (χ3v) is 7.44. The molecule has 0 radical (unpaired) electrons. The van der Waals surface area contributed by atoms with E-state index in [1.807, 2.05) is 29.7 Å². The average Bonchev–Trinajstić information content (AvgIpc) is 3.16. The van der Waals surface area contributed by atoms with Crippen molar-refractivity contribution in [3.63, 3.8) is 0 Å². The van der Waals surface area contributed by atoms with Crippen molar-refractivity contribution in [1.82, 2.24) is 9.66 Å². The van der Waals surface area contributed by atoms with Gasteiger partial charge in [0, 0.05) is 16.0 Å². The molecule has 2 N–H and O–H groups in total. The molecule has 1 aliphatic heterocycles. The number of halogens is 1. The van der Waals surface area contributed by atoms with Crippen LogP contribution in [0.25, 0.3) is 15.9 Å². The van der Waals surface area contributed by atoms with Crippen LogP contribution in [-0.4, -0.2) is 22.7 Å². The summed E-state index contributed by atoms with van der Waals surface area (Å²) in [5.41, 5.74) is 5.68. The SMILES string of the molecule is COc1ccccc1NC(=O)c1sc2nc3n(c(=O)c2c1C)NC(c1ccc(Cl)cc1)=CS3. The molecule has 33 heavy (non-hydrogen) atoms. The smallest absolute Gasteiger partial charge is 0.282 e. The van der Waals surface area contributed by atoms with E-state index in [4.69, 9.17) is 16.3 Å². The molecule has 0 aliphatic carbocycles. The van der Waals surface area contributed by atoms with E-state index in [0.29, 0.717) is 42.3 Å². The number of carbonyl (C=O) groups excluding carboxylic acids is 1. The van der Waals surface area contributed by atoms with Gasteiger partial charge in [0.2, 0.25) is 0 Å². The van der Waals surface area contributed by atoms with E-state index in [2.05, 4.69) is 15.7 Å². The third kappa shape index (κ3) is 3.88. The van der Waals surface area contributed by atoms with E-state index in [0.717, 1.165) is 11.3 Å². The Labute approximate surface area is 202 Å². The van der Waals surface area contributed by atoms with Crippen molar-refractivity contribution in [2.24, 2.45) is 0 Å². The normalized spacial score (nSPS) is 12.6. The van der Waals surface area contributed by atoms with Crippen LogP contribution in [0.15, 0.2) is 63.9 Å². The fraction of sp³-hybridized carbons (Fsp3) is 0.0870. The second-order valence-electron chi connectivity index (χ2n) is 7.19. The Morgan fingerprint density at radius 3 is 2.70 bits per heavy atom. The molecule has 1 amide bonds. The Hall–Kier alpha value is -3.27. The van der Waals surface area contributed by atoms with Gasteiger partial charge in [0.05, 0.1) is 28.8 Å². The molecule has 2 aromatic heterocycles. The number of rotatable bonds is 4. The number of hydrogen-bond acceptors (Lipinski definition) is 7. The quantitative estimate of drug-likeness (QED) is 0.371. The minimum atomic E-state index is -0.317. The number of carbonyl (C=O) groups is 1. The van der Waals surface area contributed by atoms with Crippen LogP contribution < -0.4 is 21.0 Å². The molecule has 0 saturated carbocycles. The van der Waals surface area contributed by atoms with Crippen LogP contribution in [0.1, 0.15) is 20.8 Å². The van der Waals surface area contributed by atoms with Gasteiger partial charge in [-0.05, 0) is 36.8 Å². The van der Waals surface area contributed by atoms with Crippen molar-refractivity contribution in [1.29, 1.82) is 0 Å². The lowest BCUT2D eigenvalue weighted by Crippen LogP contribution is -2.32. The summed E-state index contributed by atoms with van der Waals surface area (Å²) < 4.78 is 6.73. The van der Waals surface area contributed by atoms with Gasteiger partial charge < -0.3 is 10.1 Å². The van der Waals surface area contributed by atoms with Gasteiger partial charge >= 0.3 is 0 Å². The van der Waals surface area contributed by atoms with Gasteiger partial charge in [0.25, 0.3) is 11.5 Å². The third-order valence-electron chi connectivity index (χ3n) is 5.16. The first-order chi connectivity index (χ1) is 16.0. The number of benzene rings is 2. The zero-order valence-electron chi connectivity index (χ0n) is 17.5. The number of para-hydroxylation sites is 2. The van der Waals surface area contributed by atoms with Crippen molar-refractivity contribution in [2.45, 2.75) is 12.1 Å². The molecular weight excluding hydrogens is 480 g/mol. The predicted molar refractivity (Wildman–Crippen MR) is 134 cm³/mol. The number of nitrogens with zero attached hydrogens (tertiary/aromatic N) is 2. The van der Waals surface area contributed by atoms with Crippen molar-refractivity contribution in [3.05, 3.63) is 85.3 Å². The topological polar surface area (TPSA) is 85.2 Å². The zero-order valence-corrected chi connectivity index (χ0v) is 19.9. The maximum atomic E-state index is 13.4. The van der Waals surface area contributed by atoms with E-state index < -0.39 is 0 Å². The lowest BCUT2D eigenvalue weighted by atomic mass is 10.2. The average molecular weight is 497 g/mol. The van der Waals surface area contributed by atoms with E-state index in [1.54, 1.807) is 38.3 Å². The number of ether oxygens (including phenoxy) is 1. The highest BCUT2D eigenvalue weighted by molar-refractivity contribution is 8.02. The molecule has 2 aromatic carbocycles. The lowest BCUT2D eigenvalue weighted by molar-refractivity contribution is 0.102. The molecule has 0 saturated heterocycles. The maximum Gasteiger partial charge on any atom is 0.282 e. The van der Waals surface area contributed by atoms with Crippen molar-refractivity contribution in [2.75, 3.05) is 17.9 Å². The summed E-state index contributed by atoms with van der Waals surface area (Å²) in [6.07, 6.45) is 0. The van der Waals surface area contributed by atoms with Gasteiger partial charge in [0.1, 0.15) is 10.6 Å². The Morgan fingerprint density at radius 2 is 1.94 bits per heavy atom. The molecule has 1 aliphatic rings. The predicted octanol–water partition coefficient (Wildman–Crippen LogP) is 5.33. The zero-order chi connectivity index (χ0) is 23.1. The number of fused-ring (bicyclic) bond motifs is 2. The first kappa shape index (κ1) is 21.6. The number of anilines is 1. The largest absolute Gasteiger partial charge is 0.495 e. The Bertz CT molecular complexity index is 1490.